The largest absolute Gasteiger partial charge is 0.391 e. The molecule has 0 aliphatic carbocycles. The summed E-state index contributed by atoms with van der Waals surface area (Å²) >= 11 is 0. The molecule has 2 N–H and O–H groups in total. The van der Waals surface area contributed by atoms with E-state index in [2.05, 4.69) is 34.5 Å². The molecular formula is C19H28N2O3. The summed E-state index contributed by atoms with van der Waals surface area (Å²) < 4.78 is 5.33. The number of nitrogens with zero attached hydrogens (tertiary/aromatic N) is 1. The number of carbonyl (C=O) groups excluding carboxylic acids is 1. The third-order valence-electron chi connectivity index (χ3n) is 5.10. The number of hydrogen-bond acceptors (Lipinski definition) is 4. The summed E-state index contributed by atoms with van der Waals surface area (Å²) in [6.07, 6.45) is 2.80. The second kappa shape index (κ2) is 8.60. The molecule has 5 heteroatoms. The lowest BCUT2D eigenvalue weighted by Crippen LogP contribution is -2.50. The number of aliphatic hydroxyl groups excluding tert-OH is 1. The van der Waals surface area contributed by atoms with E-state index in [0.29, 0.717) is 32.0 Å². The van der Waals surface area contributed by atoms with Crippen LogP contribution in [-0.2, 0) is 16.1 Å². The number of rotatable bonds is 5. The molecule has 2 fully saturated rings. The molecule has 3 rings (SSSR count). The Balaban J connectivity index is 1.38. The van der Waals surface area contributed by atoms with Crippen LogP contribution in [0.15, 0.2) is 30.3 Å². The molecule has 2 aliphatic heterocycles. The molecule has 2 heterocycles. The summed E-state index contributed by atoms with van der Waals surface area (Å²) in [6, 6.07) is 10.3. The predicted octanol–water partition coefficient (Wildman–Crippen LogP) is 1.55. The molecule has 1 aromatic carbocycles. The summed E-state index contributed by atoms with van der Waals surface area (Å²) in [4.78, 5) is 14.7. The zero-order valence-electron chi connectivity index (χ0n) is 14.2. The lowest BCUT2D eigenvalue weighted by molar-refractivity contribution is -0.126. The number of piperidine rings is 1. The second-order valence-electron chi connectivity index (χ2n) is 7.01. The number of aliphatic hydroxyl groups is 1. The highest BCUT2D eigenvalue weighted by molar-refractivity contribution is 5.76. The normalized spacial score (nSPS) is 26.2. The van der Waals surface area contributed by atoms with Gasteiger partial charge in [0.2, 0.25) is 5.91 Å². The first-order valence-electron chi connectivity index (χ1n) is 9.02. The molecule has 0 saturated carbocycles. The fraction of sp³-hybridized carbons (Fsp3) is 0.632. The van der Waals surface area contributed by atoms with E-state index < -0.39 is 6.10 Å². The first-order chi connectivity index (χ1) is 11.7. The highest BCUT2D eigenvalue weighted by Gasteiger charge is 2.27. The van der Waals surface area contributed by atoms with Gasteiger partial charge >= 0.3 is 0 Å². The van der Waals surface area contributed by atoms with Gasteiger partial charge in [0, 0.05) is 19.6 Å². The minimum atomic E-state index is -0.476. The van der Waals surface area contributed by atoms with Crippen molar-refractivity contribution in [1.29, 1.82) is 0 Å². The summed E-state index contributed by atoms with van der Waals surface area (Å²) in [7, 11) is 0. The Kier molecular flexibility index (Phi) is 6.24. The van der Waals surface area contributed by atoms with Gasteiger partial charge in [0.15, 0.2) is 0 Å². The zero-order chi connectivity index (χ0) is 16.8. The predicted molar refractivity (Wildman–Crippen MR) is 92.4 cm³/mol. The maximum absolute atomic E-state index is 12.2. The Bertz CT molecular complexity index is 515. The van der Waals surface area contributed by atoms with Crippen molar-refractivity contribution in [2.24, 2.45) is 5.92 Å². The molecule has 132 valence electrons. The van der Waals surface area contributed by atoms with Crippen LogP contribution in [0, 0.1) is 5.92 Å². The van der Waals surface area contributed by atoms with Crippen molar-refractivity contribution in [1.82, 2.24) is 10.2 Å². The molecule has 1 aromatic rings. The van der Waals surface area contributed by atoms with Gasteiger partial charge in [-0.05, 0) is 43.8 Å². The van der Waals surface area contributed by atoms with E-state index >= 15 is 0 Å². The van der Waals surface area contributed by atoms with Crippen LogP contribution in [0.25, 0.3) is 0 Å². The van der Waals surface area contributed by atoms with E-state index in [1.165, 1.54) is 5.56 Å². The molecule has 0 unspecified atom stereocenters. The number of ether oxygens (including phenoxy) is 1. The van der Waals surface area contributed by atoms with Crippen molar-refractivity contribution >= 4 is 5.91 Å². The van der Waals surface area contributed by atoms with Gasteiger partial charge in [-0.15, -0.1) is 0 Å². The van der Waals surface area contributed by atoms with E-state index in [1.807, 2.05) is 6.07 Å². The van der Waals surface area contributed by atoms with Crippen molar-refractivity contribution in [3.63, 3.8) is 0 Å². The van der Waals surface area contributed by atoms with Crippen molar-refractivity contribution < 1.29 is 14.6 Å². The van der Waals surface area contributed by atoms with Gasteiger partial charge in [0.25, 0.3) is 0 Å². The molecule has 2 atom stereocenters. The minimum Gasteiger partial charge on any atom is -0.391 e. The monoisotopic (exact) mass is 332 g/mol. The van der Waals surface area contributed by atoms with E-state index in [1.54, 1.807) is 0 Å². The SMILES string of the molecule is O=C(CC1CCN(Cc2ccccc2)CC1)N[C@@H]1COCC[C@H]1O. The maximum Gasteiger partial charge on any atom is 0.220 e. The summed E-state index contributed by atoms with van der Waals surface area (Å²) in [6.45, 7) is 4.07. The van der Waals surface area contributed by atoms with Gasteiger partial charge in [-0.2, -0.15) is 0 Å². The highest BCUT2D eigenvalue weighted by Crippen LogP contribution is 2.22. The lowest BCUT2D eigenvalue weighted by atomic mass is 9.92. The van der Waals surface area contributed by atoms with Crippen LogP contribution < -0.4 is 5.32 Å². The van der Waals surface area contributed by atoms with Crippen LogP contribution in [0.4, 0.5) is 0 Å². The number of likely N-dealkylation sites (tertiary alicyclic amines) is 1. The Morgan fingerprint density at radius 1 is 1.21 bits per heavy atom. The molecular weight excluding hydrogens is 304 g/mol. The van der Waals surface area contributed by atoms with Crippen LogP contribution in [0.2, 0.25) is 0 Å². The quantitative estimate of drug-likeness (QED) is 0.859. The summed E-state index contributed by atoms with van der Waals surface area (Å²) in [5.41, 5.74) is 1.35. The first kappa shape index (κ1) is 17.4. The zero-order valence-corrected chi connectivity index (χ0v) is 14.2. The molecule has 2 saturated heterocycles. The van der Waals surface area contributed by atoms with Crippen LogP contribution in [0.3, 0.4) is 0 Å². The molecule has 2 aliphatic rings. The van der Waals surface area contributed by atoms with E-state index in [9.17, 15) is 9.90 Å². The second-order valence-corrected chi connectivity index (χ2v) is 7.01. The van der Waals surface area contributed by atoms with Crippen molar-refractivity contribution in [3.8, 4) is 0 Å². The molecule has 5 nitrogen and oxygen atoms in total. The Labute approximate surface area is 144 Å². The van der Waals surface area contributed by atoms with Gasteiger partial charge in [-0.1, -0.05) is 30.3 Å². The highest BCUT2D eigenvalue weighted by atomic mass is 16.5. The van der Waals surface area contributed by atoms with Gasteiger partial charge in [0.05, 0.1) is 18.8 Å². The molecule has 0 bridgehead atoms. The molecule has 1 amide bonds. The van der Waals surface area contributed by atoms with Crippen LogP contribution >= 0.6 is 0 Å². The fourth-order valence-corrected chi connectivity index (χ4v) is 3.58. The Morgan fingerprint density at radius 2 is 1.96 bits per heavy atom. The van der Waals surface area contributed by atoms with Crippen molar-refractivity contribution in [3.05, 3.63) is 35.9 Å². The number of nitrogens with one attached hydrogen (secondary N) is 1. The fourth-order valence-electron chi connectivity index (χ4n) is 3.58. The first-order valence-corrected chi connectivity index (χ1v) is 9.02. The summed E-state index contributed by atoms with van der Waals surface area (Å²) in [5, 5.41) is 12.8. The van der Waals surface area contributed by atoms with Gasteiger partial charge in [-0.25, -0.2) is 0 Å². The third kappa shape index (κ3) is 5.03. The van der Waals surface area contributed by atoms with Crippen LogP contribution in [0.1, 0.15) is 31.2 Å². The molecule has 0 spiro atoms. The molecule has 0 aromatic heterocycles. The summed E-state index contributed by atoms with van der Waals surface area (Å²) in [5.74, 6) is 0.490. The Hall–Kier alpha value is -1.43. The lowest BCUT2D eigenvalue weighted by Gasteiger charge is -2.33. The number of hydrogen-bond donors (Lipinski definition) is 2. The smallest absolute Gasteiger partial charge is 0.220 e. The standard InChI is InChI=1S/C19H28N2O3/c22-18-8-11-24-14-17(18)20-19(23)12-15-6-9-21(10-7-15)13-16-4-2-1-3-5-16/h1-5,15,17-18,22H,6-14H2,(H,20,23)/t17-,18-/m1/s1. The van der Waals surface area contributed by atoms with E-state index in [4.69, 9.17) is 4.74 Å². The average Bonchev–Trinajstić information content (AvgIpc) is 2.60. The number of amides is 1. The van der Waals surface area contributed by atoms with Crippen molar-refractivity contribution in [2.75, 3.05) is 26.3 Å². The topological polar surface area (TPSA) is 61.8 Å². The average molecular weight is 332 g/mol. The van der Waals surface area contributed by atoms with E-state index in [-0.39, 0.29) is 11.9 Å². The third-order valence-corrected chi connectivity index (χ3v) is 5.10. The van der Waals surface area contributed by atoms with E-state index in [0.717, 1.165) is 32.5 Å². The minimum absolute atomic E-state index is 0.0473. The van der Waals surface area contributed by atoms with Gasteiger partial charge in [-0.3, -0.25) is 9.69 Å². The van der Waals surface area contributed by atoms with Gasteiger partial charge < -0.3 is 15.2 Å². The number of benzene rings is 1. The molecule has 0 radical (unpaired) electrons. The van der Waals surface area contributed by atoms with Crippen LogP contribution in [-0.4, -0.2) is 54.4 Å². The van der Waals surface area contributed by atoms with Crippen molar-refractivity contribution in [2.45, 2.75) is 44.4 Å². The van der Waals surface area contributed by atoms with Gasteiger partial charge in [0.1, 0.15) is 0 Å². The van der Waals surface area contributed by atoms with Crippen LogP contribution in [0.5, 0.6) is 0 Å². The number of carbonyl (C=O) groups is 1. The maximum atomic E-state index is 12.2. The Morgan fingerprint density at radius 3 is 2.67 bits per heavy atom. The molecule has 24 heavy (non-hydrogen) atoms.